The molecule has 0 aromatic carbocycles. The van der Waals surface area contributed by atoms with Crippen molar-refractivity contribution in [3.05, 3.63) is 19.1 Å². The SMILES string of the molecule is [CH2]CC/C=C/CCCCCCCCCCCCCCCCCCCCCCCCC. The van der Waals surface area contributed by atoms with Gasteiger partial charge < -0.3 is 0 Å². The molecule has 179 valence electrons. The summed E-state index contributed by atoms with van der Waals surface area (Å²) in [5, 5.41) is 0. The Morgan fingerprint density at radius 3 is 0.933 bits per heavy atom. The highest BCUT2D eigenvalue weighted by atomic mass is 14.0. The molecule has 0 aliphatic heterocycles. The predicted octanol–water partition coefficient (Wildman–Crippen LogP) is 11.5. The molecule has 0 aromatic rings. The molecule has 0 heteroatoms. The molecule has 0 saturated carbocycles. The van der Waals surface area contributed by atoms with Crippen molar-refractivity contribution in [1.82, 2.24) is 0 Å². The van der Waals surface area contributed by atoms with Crippen molar-refractivity contribution in [3.63, 3.8) is 0 Å². The molecule has 0 rings (SSSR count). The van der Waals surface area contributed by atoms with E-state index in [0.29, 0.717) is 0 Å². The van der Waals surface area contributed by atoms with Gasteiger partial charge in [-0.2, -0.15) is 0 Å². The highest BCUT2D eigenvalue weighted by Gasteiger charge is 1.95. The van der Waals surface area contributed by atoms with Crippen molar-refractivity contribution in [2.24, 2.45) is 0 Å². The maximum absolute atomic E-state index is 3.87. The first kappa shape index (κ1) is 29.7. The summed E-state index contributed by atoms with van der Waals surface area (Å²) < 4.78 is 0. The van der Waals surface area contributed by atoms with Gasteiger partial charge in [0.1, 0.15) is 0 Å². The summed E-state index contributed by atoms with van der Waals surface area (Å²) in [6.07, 6.45) is 41.8. The van der Waals surface area contributed by atoms with Crippen LogP contribution in [0.3, 0.4) is 0 Å². The molecule has 0 nitrogen and oxygen atoms in total. The predicted molar refractivity (Wildman–Crippen MR) is 140 cm³/mol. The van der Waals surface area contributed by atoms with Crippen molar-refractivity contribution < 1.29 is 0 Å². The fourth-order valence-electron chi connectivity index (χ4n) is 4.40. The molecule has 0 heterocycles. The van der Waals surface area contributed by atoms with Gasteiger partial charge in [0.15, 0.2) is 0 Å². The molecule has 0 fully saturated rings. The maximum atomic E-state index is 3.87. The molecule has 0 amide bonds. The Kier molecular flexibility index (Phi) is 28.5. The molecule has 0 bridgehead atoms. The Balaban J connectivity index is 3.00. The van der Waals surface area contributed by atoms with Crippen LogP contribution in [0, 0.1) is 6.92 Å². The summed E-state index contributed by atoms with van der Waals surface area (Å²) in [5.74, 6) is 0. The van der Waals surface area contributed by atoms with Gasteiger partial charge in [-0.05, 0) is 25.7 Å². The first-order chi connectivity index (χ1) is 14.9. The van der Waals surface area contributed by atoms with Crippen LogP contribution < -0.4 is 0 Å². The van der Waals surface area contributed by atoms with Gasteiger partial charge in [0.25, 0.3) is 0 Å². The summed E-state index contributed by atoms with van der Waals surface area (Å²) in [7, 11) is 0. The zero-order valence-electron chi connectivity index (χ0n) is 21.2. The van der Waals surface area contributed by atoms with E-state index in [-0.39, 0.29) is 0 Å². The molecular weight excluding hydrogens is 360 g/mol. The van der Waals surface area contributed by atoms with Crippen LogP contribution in [0.25, 0.3) is 0 Å². The molecule has 0 aliphatic carbocycles. The van der Waals surface area contributed by atoms with Crippen LogP contribution in [0.1, 0.15) is 174 Å². The first-order valence-electron chi connectivity index (χ1n) is 14.4. The number of hydrogen-bond acceptors (Lipinski definition) is 0. The van der Waals surface area contributed by atoms with E-state index < -0.39 is 0 Å². The quantitative estimate of drug-likeness (QED) is 0.0965. The first-order valence-corrected chi connectivity index (χ1v) is 14.4. The van der Waals surface area contributed by atoms with Gasteiger partial charge in [0.05, 0.1) is 0 Å². The Bertz CT molecular complexity index is 303. The standard InChI is InChI=1S/C30H59/c1-3-5-7-9-11-13-15-17-19-21-23-25-27-29-30-28-26-24-22-20-18-16-14-12-10-8-6-4-2/h7,9H,1,3-6,8,10-30H2,2H3/b9-7+. The third-order valence-electron chi connectivity index (χ3n) is 6.51. The lowest BCUT2D eigenvalue weighted by molar-refractivity contribution is 0.518. The summed E-state index contributed by atoms with van der Waals surface area (Å²) in [6.45, 7) is 6.17. The number of hydrogen-bond donors (Lipinski definition) is 0. The summed E-state index contributed by atoms with van der Waals surface area (Å²) in [6, 6.07) is 0. The third-order valence-corrected chi connectivity index (χ3v) is 6.51. The summed E-state index contributed by atoms with van der Waals surface area (Å²) in [4.78, 5) is 0. The summed E-state index contributed by atoms with van der Waals surface area (Å²) >= 11 is 0. The van der Waals surface area contributed by atoms with Crippen LogP contribution in [0.4, 0.5) is 0 Å². The number of allylic oxidation sites excluding steroid dienone is 2. The molecule has 0 unspecified atom stereocenters. The summed E-state index contributed by atoms with van der Waals surface area (Å²) in [5.41, 5.74) is 0. The van der Waals surface area contributed by atoms with E-state index >= 15 is 0 Å². The van der Waals surface area contributed by atoms with Gasteiger partial charge in [-0.25, -0.2) is 0 Å². The second-order valence-corrected chi connectivity index (χ2v) is 9.68. The van der Waals surface area contributed by atoms with Gasteiger partial charge in [0.2, 0.25) is 0 Å². The van der Waals surface area contributed by atoms with Crippen LogP contribution in [-0.4, -0.2) is 0 Å². The zero-order chi connectivity index (χ0) is 21.8. The lowest BCUT2D eigenvalue weighted by Gasteiger charge is -2.04. The van der Waals surface area contributed by atoms with Crippen LogP contribution in [-0.2, 0) is 0 Å². The van der Waals surface area contributed by atoms with Crippen LogP contribution in [0.2, 0.25) is 0 Å². The van der Waals surface area contributed by atoms with Gasteiger partial charge >= 0.3 is 0 Å². The smallest absolute Gasteiger partial charge is 0.0351 e. The van der Waals surface area contributed by atoms with Crippen LogP contribution >= 0.6 is 0 Å². The zero-order valence-corrected chi connectivity index (χ0v) is 21.2. The maximum Gasteiger partial charge on any atom is -0.0351 e. The van der Waals surface area contributed by atoms with E-state index in [1.54, 1.807) is 0 Å². The molecule has 0 spiro atoms. The Hall–Kier alpha value is -0.260. The number of unbranched alkanes of at least 4 members (excludes halogenated alkanes) is 24. The van der Waals surface area contributed by atoms with Gasteiger partial charge in [0, 0.05) is 0 Å². The van der Waals surface area contributed by atoms with E-state index in [2.05, 4.69) is 26.0 Å². The van der Waals surface area contributed by atoms with Crippen LogP contribution in [0.5, 0.6) is 0 Å². The van der Waals surface area contributed by atoms with Gasteiger partial charge in [-0.1, -0.05) is 167 Å². The minimum Gasteiger partial charge on any atom is -0.0885 e. The fourth-order valence-corrected chi connectivity index (χ4v) is 4.40. The van der Waals surface area contributed by atoms with E-state index in [0.717, 1.165) is 12.8 Å². The minimum atomic E-state index is 1.04. The second-order valence-electron chi connectivity index (χ2n) is 9.68. The van der Waals surface area contributed by atoms with E-state index in [1.165, 1.54) is 154 Å². The molecule has 0 atom stereocenters. The monoisotopic (exact) mass is 419 g/mol. The van der Waals surface area contributed by atoms with Crippen LogP contribution in [0.15, 0.2) is 12.2 Å². The number of rotatable bonds is 26. The van der Waals surface area contributed by atoms with Crippen molar-refractivity contribution in [1.29, 1.82) is 0 Å². The Morgan fingerprint density at radius 2 is 0.633 bits per heavy atom. The van der Waals surface area contributed by atoms with Crippen molar-refractivity contribution >= 4 is 0 Å². The fraction of sp³-hybridized carbons (Fsp3) is 0.900. The second kappa shape index (κ2) is 28.7. The van der Waals surface area contributed by atoms with E-state index in [1.807, 2.05) is 0 Å². The van der Waals surface area contributed by atoms with E-state index in [4.69, 9.17) is 0 Å². The molecule has 1 radical (unpaired) electrons. The normalized spacial score (nSPS) is 11.7. The molecular formula is C30H59. The largest absolute Gasteiger partial charge is 0.0885 e. The molecule has 0 aliphatic rings. The van der Waals surface area contributed by atoms with Gasteiger partial charge in [-0.3, -0.25) is 0 Å². The lowest BCUT2D eigenvalue weighted by Crippen LogP contribution is -1.84. The average molecular weight is 420 g/mol. The van der Waals surface area contributed by atoms with Crippen molar-refractivity contribution in [3.8, 4) is 0 Å². The van der Waals surface area contributed by atoms with Crippen molar-refractivity contribution in [2.75, 3.05) is 0 Å². The molecule has 0 aromatic heterocycles. The van der Waals surface area contributed by atoms with E-state index in [9.17, 15) is 0 Å². The molecule has 0 N–H and O–H groups in total. The topological polar surface area (TPSA) is 0 Å². The lowest BCUT2D eigenvalue weighted by atomic mass is 10.0. The molecule has 30 heavy (non-hydrogen) atoms. The highest BCUT2D eigenvalue weighted by Crippen LogP contribution is 2.15. The minimum absolute atomic E-state index is 1.04. The highest BCUT2D eigenvalue weighted by molar-refractivity contribution is 4.81. The Labute approximate surface area is 193 Å². The Morgan fingerprint density at radius 1 is 0.367 bits per heavy atom. The third kappa shape index (κ3) is 27.7. The molecule has 0 saturated heterocycles. The average Bonchev–Trinajstić information content (AvgIpc) is 2.76. The van der Waals surface area contributed by atoms with Gasteiger partial charge in [-0.15, -0.1) is 0 Å². The van der Waals surface area contributed by atoms with Crippen molar-refractivity contribution in [2.45, 2.75) is 174 Å².